The molecule has 0 saturated carbocycles. The first-order chi connectivity index (χ1) is 11.8. The molecule has 4 rings (SSSR count). The van der Waals surface area contributed by atoms with Crippen molar-refractivity contribution in [2.75, 3.05) is 5.32 Å². The topological polar surface area (TPSA) is 73.0 Å². The molecular weight excluding hydrogens is 344 g/mol. The molecule has 4 aromatic heterocycles. The van der Waals surface area contributed by atoms with Crippen LogP contribution in [0.1, 0.15) is 15.4 Å². The molecule has 0 aliphatic heterocycles. The van der Waals surface area contributed by atoms with E-state index < -0.39 is 0 Å². The van der Waals surface area contributed by atoms with Gasteiger partial charge in [0.05, 0.1) is 17.6 Å². The number of hydrogen-bond donors (Lipinski definition) is 1. The molecule has 0 atom stereocenters. The molecule has 0 saturated heterocycles. The number of amides is 1. The van der Waals surface area contributed by atoms with Crippen molar-refractivity contribution in [2.45, 2.75) is 6.54 Å². The van der Waals surface area contributed by atoms with E-state index in [0.717, 1.165) is 9.75 Å². The van der Waals surface area contributed by atoms with Gasteiger partial charge in [-0.1, -0.05) is 17.3 Å². The highest BCUT2D eigenvalue weighted by Crippen LogP contribution is 2.25. The van der Waals surface area contributed by atoms with Crippen LogP contribution >= 0.6 is 22.7 Å². The first-order valence-corrected chi connectivity index (χ1v) is 8.92. The van der Waals surface area contributed by atoms with E-state index in [4.69, 9.17) is 4.52 Å². The van der Waals surface area contributed by atoms with E-state index in [1.807, 2.05) is 35.0 Å². The van der Waals surface area contributed by atoms with Crippen LogP contribution in [0.5, 0.6) is 0 Å². The minimum absolute atomic E-state index is 0.238. The van der Waals surface area contributed by atoms with Gasteiger partial charge in [0.25, 0.3) is 5.91 Å². The van der Waals surface area contributed by atoms with Crippen molar-refractivity contribution < 1.29 is 9.32 Å². The fourth-order valence-corrected chi connectivity index (χ4v) is 3.57. The average Bonchev–Trinajstić information content (AvgIpc) is 3.37. The van der Waals surface area contributed by atoms with Crippen molar-refractivity contribution in [3.63, 3.8) is 0 Å². The summed E-state index contributed by atoms with van der Waals surface area (Å²) in [6, 6.07) is 11.3. The maximum absolute atomic E-state index is 12.4. The van der Waals surface area contributed by atoms with E-state index in [2.05, 4.69) is 15.6 Å². The Balaban J connectivity index is 1.50. The normalized spacial score (nSPS) is 10.8. The fourth-order valence-electron chi connectivity index (χ4n) is 2.21. The van der Waals surface area contributed by atoms with Crippen LogP contribution in [0, 0.1) is 0 Å². The molecule has 120 valence electrons. The number of hydrogen-bond acceptors (Lipinski definition) is 6. The van der Waals surface area contributed by atoms with E-state index in [1.165, 1.54) is 11.3 Å². The standard InChI is InChI=1S/C16H12N4O2S2/c21-16(12-9-13(22-19-12)14-4-2-8-24-14)18-15-5-6-17-20(15)10-11-3-1-7-23-11/h1-9H,10H2,(H,18,21). The zero-order valence-corrected chi connectivity index (χ0v) is 14.0. The van der Waals surface area contributed by atoms with Gasteiger partial charge >= 0.3 is 0 Å². The predicted molar refractivity (Wildman–Crippen MR) is 93.4 cm³/mol. The molecule has 1 amide bonds. The monoisotopic (exact) mass is 356 g/mol. The van der Waals surface area contributed by atoms with Crippen molar-refractivity contribution in [3.05, 3.63) is 63.9 Å². The molecule has 0 unspecified atom stereocenters. The van der Waals surface area contributed by atoms with Gasteiger partial charge in [-0.15, -0.1) is 22.7 Å². The van der Waals surface area contributed by atoms with Gasteiger partial charge in [0.15, 0.2) is 11.5 Å². The molecule has 6 nitrogen and oxygen atoms in total. The van der Waals surface area contributed by atoms with Crippen molar-refractivity contribution in [2.24, 2.45) is 0 Å². The largest absolute Gasteiger partial charge is 0.355 e. The van der Waals surface area contributed by atoms with E-state index >= 15 is 0 Å². The zero-order valence-electron chi connectivity index (χ0n) is 12.4. The van der Waals surface area contributed by atoms with Crippen molar-refractivity contribution in [1.29, 1.82) is 0 Å². The lowest BCUT2D eigenvalue weighted by atomic mass is 10.3. The van der Waals surface area contributed by atoms with Gasteiger partial charge < -0.3 is 9.84 Å². The van der Waals surface area contributed by atoms with Crippen LogP contribution in [0.15, 0.2) is 57.9 Å². The molecule has 0 fully saturated rings. The molecular formula is C16H12N4O2S2. The Morgan fingerprint density at radius 3 is 2.88 bits per heavy atom. The Kier molecular flexibility index (Phi) is 3.97. The highest BCUT2D eigenvalue weighted by Gasteiger charge is 2.16. The summed E-state index contributed by atoms with van der Waals surface area (Å²) >= 11 is 3.18. The van der Waals surface area contributed by atoms with Crippen LogP contribution in [0.25, 0.3) is 10.6 Å². The number of thiophene rings is 2. The van der Waals surface area contributed by atoms with Crippen LogP contribution in [-0.2, 0) is 6.54 Å². The summed E-state index contributed by atoms with van der Waals surface area (Å²) in [4.78, 5) is 14.5. The third-order valence-electron chi connectivity index (χ3n) is 3.35. The second kappa shape index (κ2) is 6.42. The molecule has 0 aliphatic rings. The minimum atomic E-state index is -0.325. The van der Waals surface area contributed by atoms with Crippen LogP contribution in [0.2, 0.25) is 0 Å². The van der Waals surface area contributed by atoms with Crippen molar-refractivity contribution in [1.82, 2.24) is 14.9 Å². The second-order valence-electron chi connectivity index (χ2n) is 4.96. The molecule has 8 heteroatoms. The summed E-state index contributed by atoms with van der Waals surface area (Å²) in [6.07, 6.45) is 1.66. The maximum atomic E-state index is 12.4. The molecule has 0 bridgehead atoms. The van der Waals surface area contributed by atoms with Gasteiger partial charge in [0.1, 0.15) is 5.82 Å². The number of anilines is 1. The summed E-state index contributed by atoms with van der Waals surface area (Å²) in [5, 5.41) is 14.9. The first-order valence-electron chi connectivity index (χ1n) is 7.16. The summed E-state index contributed by atoms with van der Waals surface area (Å²) < 4.78 is 6.98. The molecule has 0 aromatic carbocycles. The third kappa shape index (κ3) is 3.01. The predicted octanol–water partition coefficient (Wildman–Crippen LogP) is 3.96. The summed E-state index contributed by atoms with van der Waals surface area (Å²) in [6.45, 7) is 0.611. The van der Waals surface area contributed by atoms with Gasteiger partial charge in [0.2, 0.25) is 0 Å². The van der Waals surface area contributed by atoms with Gasteiger partial charge in [-0.25, -0.2) is 4.68 Å². The van der Waals surface area contributed by atoms with E-state index in [-0.39, 0.29) is 11.6 Å². The van der Waals surface area contributed by atoms with Gasteiger partial charge in [0, 0.05) is 17.0 Å². The lowest BCUT2D eigenvalue weighted by Crippen LogP contribution is -2.16. The van der Waals surface area contributed by atoms with Gasteiger partial charge in [-0.05, 0) is 22.9 Å². The molecule has 0 aliphatic carbocycles. The SMILES string of the molecule is O=C(Nc1ccnn1Cc1cccs1)c1cc(-c2cccs2)on1. The van der Waals surface area contributed by atoms with Gasteiger partial charge in [-0.3, -0.25) is 4.79 Å². The van der Waals surface area contributed by atoms with Crippen LogP contribution in [0.4, 0.5) is 5.82 Å². The summed E-state index contributed by atoms with van der Waals surface area (Å²) in [5.41, 5.74) is 0.238. The maximum Gasteiger partial charge on any atom is 0.279 e. The minimum Gasteiger partial charge on any atom is -0.355 e. The molecule has 24 heavy (non-hydrogen) atoms. The number of carbonyl (C=O) groups excluding carboxylic acids is 1. The van der Waals surface area contributed by atoms with Crippen molar-refractivity contribution >= 4 is 34.4 Å². The third-order valence-corrected chi connectivity index (χ3v) is 5.10. The second-order valence-corrected chi connectivity index (χ2v) is 6.94. The molecule has 4 aromatic rings. The quantitative estimate of drug-likeness (QED) is 0.587. The van der Waals surface area contributed by atoms with Crippen LogP contribution < -0.4 is 5.32 Å². The highest BCUT2D eigenvalue weighted by molar-refractivity contribution is 7.13. The first kappa shape index (κ1) is 14.9. The number of nitrogens with zero attached hydrogens (tertiary/aromatic N) is 3. The van der Waals surface area contributed by atoms with Gasteiger partial charge in [-0.2, -0.15) is 5.10 Å². The molecule has 4 heterocycles. The fraction of sp³-hybridized carbons (Fsp3) is 0.0625. The van der Waals surface area contributed by atoms with E-state index in [1.54, 1.807) is 34.3 Å². The molecule has 0 spiro atoms. The van der Waals surface area contributed by atoms with Crippen molar-refractivity contribution in [3.8, 4) is 10.6 Å². The number of rotatable bonds is 5. The average molecular weight is 356 g/mol. The Morgan fingerprint density at radius 2 is 2.08 bits per heavy atom. The number of aromatic nitrogens is 3. The Morgan fingerprint density at radius 1 is 1.21 bits per heavy atom. The molecule has 0 radical (unpaired) electrons. The van der Waals surface area contributed by atoms with E-state index in [9.17, 15) is 4.79 Å². The summed E-state index contributed by atoms with van der Waals surface area (Å²) in [7, 11) is 0. The van der Waals surface area contributed by atoms with Crippen LogP contribution in [-0.4, -0.2) is 20.8 Å². The number of carbonyl (C=O) groups is 1. The van der Waals surface area contributed by atoms with E-state index in [0.29, 0.717) is 18.1 Å². The Bertz CT molecular complexity index is 939. The Hall–Kier alpha value is -2.71. The summed E-state index contributed by atoms with van der Waals surface area (Å²) in [5.74, 6) is 0.880. The smallest absolute Gasteiger partial charge is 0.279 e. The zero-order chi connectivity index (χ0) is 16.4. The number of nitrogens with one attached hydrogen (secondary N) is 1. The Labute approximate surface area is 145 Å². The van der Waals surface area contributed by atoms with Crippen LogP contribution in [0.3, 0.4) is 0 Å². The lowest BCUT2D eigenvalue weighted by molar-refractivity contribution is 0.101. The molecule has 1 N–H and O–H groups in total. The lowest BCUT2D eigenvalue weighted by Gasteiger charge is -2.06. The highest BCUT2D eigenvalue weighted by atomic mass is 32.1.